The molecule has 0 bridgehead atoms. The van der Waals surface area contributed by atoms with Crippen molar-refractivity contribution in [2.24, 2.45) is 0 Å². The van der Waals surface area contributed by atoms with E-state index < -0.39 is 20.7 Å². The van der Waals surface area contributed by atoms with E-state index in [1.165, 1.54) is 26.8 Å². The fourth-order valence-electron chi connectivity index (χ4n) is 3.90. The van der Waals surface area contributed by atoms with Gasteiger partial charge in [0.25, 0.3) is 11.8 Å². The Kier molecular flexibility index (Phi) is 8.88. The average molecular weight is 577 g/mol. The van der Waals surface area contributed by atoms with Crippen molar-refractivity contribution in [1.82, 2.24) is 24.8 Å². The minimum absolute atomic E-state index is 0.103. The molecule has 3 aromatic rings. The number of carbonyl (C=O) groups excluding carboxylic acids is 2. The van der Waals surface area contributed by atoms with Crippen LogP contribution in [-0.4, -0.2) is 77.8 Å². The number of hydrogen-bond donors (Lipinski definition) is 1. The first-order chi connectivity index (χ1) is 19.5. The zero-order valence-electron chi connectivity index (χ0n) is 23.4. The maximum Gasteiger partial charge on any atom is 0.285 e. The molecule has 2 amide bonds. The van der Waals surface area contributed by atoms with Crippen molar-refractivity contribution in [2.75, 3.05) is 37.7 Å². The monoisotopic (exact) mass is 576 g/mol. The number of carbonyl (C=O) groups is 2. The molecule has 41 heavy (non-hydrogen) atoms. The largest absolute Gasteiger partial charge is 0.492 e. The van der Waals surface area contributed by atoms with E-state index in [4.69, 9.17) is 4.74 Å². The fourth-order valence-corrected chi connectivity index (χ4v) is 4.56. The van der Waals surface area contributed by atoms with E-state index in [0.717, 1.165) is 0 Å². The first-order valence-corrected chi connectivity index (χ1v) is 14.6. The van der Waals surface area contributed by atoms with E-state index in [1.807, 2.05) is 40.8 Å². The Morgan fingerprint density at radius 1 is 1.00 bits per heavy atom. The van der Waals surface area contributed by atoms with Gasteiger partial charge in [-0.15, -0.1) is 10.2 Å². The van der Waals surface area contributed by atoms with Crippen LogP contribution < -0.4 is 14.4 Å². The third kappa shape index (κ3) is 7.18. The number of anilines is 1. The minimum atomic E-state index is -3.87. The van der Waals surface area contributed by atoms with Gasteiger partial charge in [-0.3, -0.25) is 14.6 Å². The standard InChI is InChI=1S/C29H32N6O5S/c1-5-40-23-18-21(19-30-20-23)10-11-22-8-6-7-9-24(22)28(37)35-16-14-34(15-17-35)26-13-12-25(31-32-26)27(36)33-41(38,39)29(2,3)4/h6-9,12-13,18-20H,5,14-17H2,1-4H3,(H,33,36). The van der Waals surface area contributed by atoms with Gasteiger partial charge >= 0.3 is 0 Å². The molecule has 0 radical (unpaired) electrons. The third-order valence-electron chi connectivity index (χ3n) is 6.33. The van der Waals surface area contributed by atoms with Crippen LogP contribution in [0.15, 0.2) is 54.9 Å². The van der Waals surface area contributed by atoms with Crippen LogP contribution in [-0.2, 0) is 10.0 Å². The second-order valence-corrected chi connectivity index (χ2v) is 12.7. The number of sulfonamides is 1. The normalized spacial score (nSPS) is 13.7. The number of amides is 2. The summed E-state index contributed by atoms with van der Waals surface area (Å²) in [5, 5.41) is 8.03. The molecule has 2 aromatic heterocycles. The molecule has 1 aliphatic heterocycles. The summed E-state index contributed by atoms with van der Waals surface area (Å²) >= 11 is 0. The van der Waals surface area contributed by atoms with Crippen LogP contribution in [0.2, 0.25) is 0 Å². The van der Waals surface area contributed by atoms with E-state index in [1.54, 1.807) is 29.4 Å². The Morgan fingerprint density at radius 2 is 1.73 bits per heavy atom. The zero-order valence-corrected chi connectivity index (χ0v) is 24.2. The molecule has 1 saturated heterocycles. The Bertz CT molecular complexity index is 1580. The highest BCUT2D eigenvalue weighted by Crippen LogP contribution is 2.18. The molecule has 0 aliphatic carbocycles. The predicted octanol–water partition coefficient (Wildman–Crippen LogP) is 2.49. The van der Waals surface area contributed by atoms with E-state index >= 15 is 0 Å². The van der Waals surface area contributed by atoms with Crippen molar-refractivity contribution in [3.05, 3.63) is 77.2 Å². The Hall–Kier alpha value is -4.50. The summed E-state index contributed by atoms with van der Waals surface area (Å²) in [5.41, 5.74) is 1.72. The molecular formula is C29H32N6O5S. The van der Waals surface area contributed by atoms with Gasteiger partial charge in [0.1, 0.15) is 5.75 Å². The lowest BCUT2D eigenvalue weighted by Crippen LogP contribution is -2.49. The summed E-state index contributed by atoms with van der Waals surface area (Å²) < 4.78 is 30.9. The first-order valence-electron chi connectivity index (χ1n) is 13.1. The lowest BCUT2D eigenvalue weighted by molar-refractivity contribution is 0.0745. The predicted molar refractivity (Wildman–Crippen MR) is 154 cm³/mol. The second-order valence-electron chi connectivity index (χ2n) is 10.2. The van der Waals surface area contributed by atoms with Crippen LogP contribution in [0.25, 0.3) is 0 Å². The number of rotatable bonds is 6. The van der Waals surface area contributed by atoms with Crippen LogP contribution in [0.3, 0.4) is 0 Å². The molecule has 1 aliphatic rings. The van der Waals surface area contributed by atoms with E-state index in [9.17, 15) is 18.0 Å². The van der Waals surface area contributed by atoms with Crippen molar-refractivity contribution in [1.29, 1.82) is 0 Å². The molecule has 11 nitrogen and oxygen atoms in total. The molecule has 3 heterocycles. The molecule has 1 fully saturated rings. The molecule has 214 valence electrons. The van der Waals surface area contributed by atoms with Crippen LogP contribution in [0.1, 0.15) is 59.7 Å². The van der Waals surface area contributed by atoms with Gasteiger partial charge in [-0.05, 0) is 58.0 Å². The second kappa shape index (κ2) is 12.3. The summed E-state index contributed by atoms with van der Waals surface area (Å²) in [7, 11) is -3.87. The van der Waals surface area contributed by atoms with Gasteiger partial charge in [-0.2, -0.15) is 0 Å². The van der Waals surface area contributed by atoms with Gasteiger partial charge in [0, 0.05) is 43.5 Å². The molecule has 0 unspecified atom stereocenters. The molecule has 1 N–H and O–H groups in total. The summed E-state index contributed by atoms with van der Waals surface area (Å²) in [6, 6.07) is 12.1. The topological polar surface area (TPSA) is 135 Å². The smallest absolute Gasteiger partial charge is 0.285 e. The SMILES string of the molecule is CCOc1cncc(C#Cc2ccccc2C(=O)N2CCN(c3ccc(C(=O)NS(=O)(=O)C(C)(C)C)nn3)CC2)c1. The van der Waals surface area contributed by atoms with Crippen LogP contribution in [0.5, 0.6) is 5.75 Å². The molecule has 12 heteroatoms. The third-order valence-corrected chi connectivity index (χ3v) is 8.40. The van der Waals surface area contributed by atoms with E-state index in [0.29, 0.717) is 61.0 Å². The van der Waals surface area contributed by atoms with E-state index in [-0.39, 0.29) is 11.6 Å². The lowest BCUT2D eigenvalue weighted by atomic mass is 10.1. The number of pyridine rings is 1. The number of hydrogen-bond acceptors (Lipinski definition) is 9. The van der Waals surface area contributed by atoms with Gasteiger partial charge in [-0.25, -0.2) is 13.1 Å². The maximum atomic E-state index is 13.4. The lowest BCUT2D eigenvalue weighted by Gasteiger charge is -2.35. The average Bonchev–Trinajstić information content (AvgIpc) is 2.96. The highest BCUT2D eigenvalue weighted by atomic mass is 32.2. The quantitative estimate of drug-likeness (QED) is 0.439. The van der Waals surface area contributed by atoms with Crippen molar-refractivity contribution in [3.8, 4) is 17.6 Å². The molecular weight excluding hydrogens is 544 g/mol. The van der Waals surface area contributed by atoms with Crippen LogP contribution >= 0.6 is 0 Å². The van der Waals surface area contributed by atoms with Crippen LogP contribution in [0.4, 0.5) is 5.82 Å². The minimum Gasteiger partial charge on any atom is -0.492 e. The van der Waals surface area contributed by atoms with Crippen molar-refractivity contribution in [2.45, 2.75) is 32.4 Å². The Morgan fingerprint density at radius 3 is 2.39 bits per heavy atom. The maximum absolute atomic E-state index is 13.4. The number of ether oxygens (including phenoxy) is 1. The van der Waals surface area contributed by atoms with E-state index in [2.05, 4.69) is 27.0 Å². The van der Waals surface area contributed by atoms with Crippen LogP contribution in [0, 0.1) is 11.8 Å². The highest BCUT2D eigenvalue weighted by Gasteiger charge is 2.31. The number of piperazine rings is 1. The van der Waals surface area contributed by atoms with Gasteiger partial charge in [0.2, 0.25) is 10.0 Å². The van der Waals surface area contributed by atoms with Gasteiger partial charge < -0.3 is 14.5 Å². The summed E-state index contributed by atoms with van der Waals surface area (Å²) in [6.07, 6.45) is 3.28. The number of benzene rings is 1. The van der Waals surface area contributed by atoms with Gasteiger partial charge in [0.15, 0.2) is 11.5 Å². The number of nitrogens with one attached hydrogen (secondary N) is 1. The first kappa shape index (κ1) is 29.5. The fraction of sp³-hybridized carbons (Fsp3) is 0.345. The number of aromatic nitrogens is 3. The Labute approximate surface area is 240 Å². The number of nitrogens with zero attached hydrogens (tertiary/aromatic N) is 5. The molecule has 4 rings (SSSR count). The van der Waals surface area contributed by atoms with Crippen molar-refractivity contribution < 1.29 is 22.7 Å². The molecule has 0 saturated carbocycles. The highest BCUT2D eigenvalue weighted by molar-refractivity contribution is 7.91. The van der Waals surface area contributed by atoms with Crippen molar-refractivity contribution >= 4 is 27.7 Å². The zero-order chi connectivity index (χ0) is 29.6. The molecule has 1 aromatic carbocycles. The summed E-state index contributed by atoms with van der Waals surface area (Å²) in [5.74, 6) is 6.38. The van der Waals surface area contributed by atoms with Gasteiger partial charge in [0.05, 0.1) is 23.1 Å². The summed E-state index contributed by atoms with van der Waals surface area (Å²) in [6.45, 7) is 8.83. The van der Waals surface area contributed by atoms with Crippen molar-refractivity contribution in [3.63, 3.8) is 0 Å². The summed E-state index contributed by atoms with van der Waals surface area (Å²) in [4.78, 5) is 33.7. The molecule has 0 spiro atoms. The molecule has 0 atom stereocenters. The Balaban J connectivity index is 1.39. The van der Waals surface area contributed by atoms with Gasteiger partial charge in [-0.1, -0.05) is 24.0 Å².